The van der Waals surface area contributed by atoms with E-state index in [2.05, 4.69) is 5.32 Å². The number of allylic oxidation sites excluding steroid dienone is 1. The fourth-order valence-corrected chi connectivity index (χ4v) is 2.02. The van der Waals surface area contributed by atoms with Crippen LogP contribution in [0.2, 0.25) is 0 Å². The molecule has 0 aromatic carbocycles. The van der Waals surface area contributed by atoms with E-state index in [4.69, 9.17) is 0 Å². The Morgan fingerprint density at radius 3 is 2.64 bits per heavy atom. The van der Waals surface area contributed by atoms with Gasteiger partial charge in [-0.15, -0.1) is 0 Å². The summed E-state index contributed by atoms with van der Waals surface area (Å²) in [7, 11) is 0. The Bertz CT molecular complexity index is 294. The van der Waals surface area contributed by atoms with Crippen LogP contribution < -0.4 is 5.32 Å². The number of nitrogens with one attached hydrogen (secondary N) is 1. The van der Waals surface area contributed by atoms with Crippen LogP contribution in [0.1, 0.15) is 40.0 Å². The topological polar surface area (TPSA) is 46.2 Å². The molecule has 3 heteroatoms. The highest BCUT2D eigenvalue weighted by Crippen LogP contribution is 2.38. The molecule has 0 bridgehead atoms. The third-order valence-electron chi connectivity index (χ3n) is 3.26. The van der Waals surface area contributed by atoms with Crippen molar-refractivity contribution in [2.24, 2.45) is 5.41 Å². The number of piperidine rings is 1. The average Bonchev–Trinajstić information content (AvgIpc) is 2.18. The Labute approximate surface area is 84.6 Å². The SMILES string of the molecule is C/C=C(\C)C1(CC)CCC(=O)NC1=O. The molecule has 0 spiro atoms. The van der Waals surface area contributed by atoms with Gasteiger partial charge >= 0.3 is 0 Å². The molecule has 14 heavy (non-hydrogen) atoms. The first kappa shape index (κ1) is 11.0. The van der Waals surface area contributed by atoms with E-state index in [0.29, 0.717) is 12.8 Å². The number of amides is 2. The fourth-order valence-electron chi connectivity index (χ4n) is 2.02. The lowest BCUT2D eigenvalue weighted by atomic mass is 9.72. The molecule has 1 rings (SSSR count). The molecule has 0 aromatic heterocycles. The summed E-state index contributed by atoms with van der Waals surface area (Å²) in [4.78, 5) is 22.8. The molecule has 1 saturated heterocycles. The molecule has 1 unspecified atom stereocenters. The van der Waals surface area contributed by atoms with Crippen LogP contribution in [0.15, 0.2) is 11.6 Å². The van der Waals surface area contributed by atoms with Crippen LogP contribution in [0.3, 0.4) is 0 Å². The van der Waals surface area contributed by atoms with Gasteiger partial charge in [0.25, 0.3) is 0 Å². The quantitative estimate of drug-likeness (QED) is 0.539. The first-order valence-corrected chi connectivity index (χ1v) is 5.04. The second-order valence-electron chi connectivity index (χ2n) is 3.78. The predicted molar refractivity (Wildman–Crippen MR) is 54.5 cm³/mol. The summed E-state index contributed by atoms with van der Waals surface area (Å²) >= 11 is 0. The van der Waals surface area contributed by atoms with Crippen LogP contribution in [-0.4, -0.2) is 11.8 Å². The van der Waals surface area contributed by atoms with Gasteiger partial charge in [0.05, 0.1) is 5.41 Å². The van der Waals surface area contributed by atoms with E-state index < -0.39 is 5.41 Å². The molecule has 1 aliphatic heterocycles. The van der Waals surface area contributed by atoms with Crippen molar-refractivity contribution >= 4 is 11.8 Å². The zero-order valence-corrected chi connectivity index (χ0v) is 9.02. The van der Waals surface area contributed by atoms with Gasteiger partial charge in [0.2, 0.25) is 11.8 Å². The van der Waals surface area contributed by atoms with Gasteiger partial charge in [0.15, 0.2) is 0 Å². The number of hydrogen-bond acceptors (Lipinski definition) is 2. The van der Waals surface area contributed by atoms with Crippen molar-refractivity contribution in [3.05, 3.63) is 11.6 Å². The zero-order chi connectivity index (χ0) is 10.8. The van der Waals surface area contributed by atoms with Crippen LogP contribution in [-0.2, 0) is 9.59 Å². The maximum atomic E-state index is 11.8. The Hall–Kier alpha value is -1.12. The van der Waals surface area contributed by atoms with Crippen molar-refractivity contribution in [3.8, 4) is 0 Å². The minimum Gasteiger partial charge on any atom is -0.296 e. The second kappa shape index (κ2) is 3.95. The Kier molecular flexibility index (Phi) is 3.09. The molecular formula is C11H17NO2. The molecule has 0 aromatic rings. The molecule has 2 amide bonds. The summed E-state index contributed by atoms with van der Waals surface area (Å²) < 4.78 is 0. The number of carbonyl (C=O) groups excluding carboxylic acids is 2. The van der Waals surface area contributed by atoms with Crippen LogP contribution in [0.5, 0.6) is 0 Å². The fraction of sp³-hybridized carbons (Fsp3) is 0.636. The molecular weight excluding hydrogens is 178 g/mol. The van der Waals surface area contributed by atoms with E-state index in [0.717, 1.165) is 12.0 Å². The molecule has 0 radical (unpaired) electrons. The summed E-state index contributed by atoms with van der Waals surface area (Å²) in [6.07, 6.45) is 3.80. The molecule has 3 nitrogen and oxygen atoms in total. The van der Waals surface area contributed by atoms with E-state index in [1.54, 1.807) is 0 Å². The molecule has 1 atom stereocenters. The minimum absolute atomic E-state index is 0.133. The van der Waals surface area contributed by atoms with Crippen molar-refractivity contribution in [3.63, 3.8) is 0 Å². The lowest BCUT2D eigenvalue weighted by Gasteiger charge is -2.35. The molecule has 1 heterocycles. The predicted octanol–water partition coefficient (Wildman–Crippen LogP) is 1.79. The van der Waals surface area contributed by atoms with E-state index in [1.165, 1.54) is 0 Å². The molecule has 1 aliphatic rings. The monoisotopic (exact) mass is 195 g/mol. The number of rotatable bonds is 2. The molecule has 1 N–H and O–H groups in total. The smallest absolute Gasteiger partial charge is 0.236 e. The number of hydrogen-bond donors (Lipinski definition) is 1. The second-order valence-corrected chi connectivity index (χ2v) is 3.78. The van der Waals surface area contributed by atoms with Gasteiger partial charge < -0.3 is 0 Å². The molecule has 0 saturated carbocycles. The van der Waals surface area contributed by atoms with Gasteiger partial charge in [-0.2, -0.15) is 0 Å². The molecule has 0 aliphatic carbocycles. The third-order valence-corrected chi connectivity index (χ3v) is 3.26. The van der Waals surface area contributed by atoms with Crippen molar-refractivity contribution in [2.45, 2.75) is 40.0 Å². The van der Waals surface area contributed by atoms with E-state index in [1.807, 2.05) is 26.8 Å². The van der Waals surface area contributed by atoms with Crippen LogP contribution in [0.4, 0.5) is 0 Å². The van der Waals surface area contributed by atoms with Crippen molar-refractivity contribution < 1.29 is 9.59 Å². The molecule has 78 valence electrons. The zero-order valence-electron chi connectivity index (χ0n) is 9.02. The Morgan fingerprint density at radius 2 is 2.21 bits per heavy atom. The van der Waals surface area contributed by atoms with Gasteiger partial charge in [0, 0.05) is 6.42 Å². The summed E-state index contributed by atoms with van der Waals surface area (Å²) in [6.45, 7) is 5.87. The normalized spacial score (nSPS) is 28.9. The largest absolute Gasteiger partial charge is 0.296 e. The summed E-state index contributed by atoms with van der Waals surface area (Å²) in [6, 6.07) is 0. The highest BCUT2D eigenvalue weighted by Gasteiger charge is 2.42. The molecule has 1 fully saturated rings. The Balaban J connectivity index is 3.00. The summed E-state index contributed by atoms with van der Waals surface area (Å²) in [5, 5.41) is 2.42. The van der Waals surface area contributed by atoms with Crippen molar-refractivity contribution in [1.82, 2.24) is 5.32 Å². The van der Waals surface area contributed by atoms with Crippen LogP contribution in [0, 0.1) is 5.41 Å². The van der Waals surface area contributed by atoms with Gasteiger partial charge in [-0.3, -0.25) is 14.9 Å². The number of imide groups is 1. The Morgan fingerprint density at radius 1 is 1.57 bits per heavy atom. The first-order valence-electron chi connectivity index (χ1n) is 5.04. The van der Waals surface area contributed by atoms with E-state index in [-0.39, 0.29) is 11.8 Å². The lowest BCUT2D eigenvalue weighted by Crippen LogP contribution is -2.49. The average molecular weight is 195 g/mol. The first-order chi connectivity index (χ1) is 6.56. The summed E-state index contributed by atoms with van der Waals surface area (Å²) in [5.74, 6) is -0.283. The van der Waals surface area contributed by atoms with Gasteiger partial charge in [-0.1, -0.05) is 18.6 Å². The van der Waals surface area contributed by atoms with Crippen molar-refractivity contribution in [1.29, 1.82) is 0 Å². The van der Waals surface area contributed by atoms with Gasteiger partial charge in [-0.05, 0) is 26.7 Å². The van der Waals surface area contributed by atoms with E-state index in [9.17, 15) is 9.59 Å². The maximum absolute atomic E-state index is 11.8. The van der Waals surface area contributed by atoms with Crippen molar-refractivity contribution in [2.75, 3.05) is 0 Å². The third kappa shape index (κ3) is 1.59. The lowest BCUT2D eigenvalue weighted by molar-refractivity contribution is -0.140. The number of carbonyl (C=O) groups is 2. The van der Waals surface area contributed by atoms with Gasteiger partial charge in [0.1, 0.15) is 0 Å². The standard InChI is InChI=1S/C11H17NO2/c1-4-8(3)11(5-2)7-6-9(13)12-10(11)14/h4H,5-7H2,1-3H3,(H,12,13,14)/b8-4+. The minimum atomic E-state index is -0.442. The maximum Gasteiger partial charge on any atom is 0.236 e. The van der Waals surface area contributed by atoms with Crippen LogP contribution >= 0.6 is 0 Å². The van der Waals surface area contributed by atoms with Crippen LogP contribution in [0.25, 0.3) is 0 Å². The van der Waals surface area contributed by atoms with E-state index >= 15 is 0 Å². The highest BCUT2D eigenvalue weighted by molar-refractivity contribution is 6.02. The summed E-state index contributed by atoms with van der Waals surface area (Å²) in [5.41, 5.74) is 0.618. The van der Waals surface area contributed by atoms with Gasteiger partial charge in [-0.25, -0.2) is 0 Å². The highest BCUT2D eigenvalue weighted by atomic mass is 16.2.